The fraction of sp³-hybridized carbons (Fsp3) is 0.529. The van der Waals surface area contributed by atoms with Crippen LogP contribution in [-0.4, -0.2) is 25.0 Å². The van der Waals surface area contributed by atoms with Crippen molar-refractivity contribution >= 4 is 0 Å². The van der Waals surface area contributed by atoms with Crippen LogP contribution in [0, 0.1) is 23.6 Å². The Labute approximate surface area is 121 Å². The van der Waals surface area contributed by atoms with Crippen LogP contribution in [0.25, 0.3) is 0 Å². The maximum absolute atomic E-state index is 14.0. The Hall–Kier alpha value is -1.37. The van der Waals surface area contributed by atoms with Gasteiger partial charge in [-0.1, -0.05) is 30.7 Å². The molecule has 1 aliphatic carbocycles. The molecule has 0 bridgehead atoms. The second-order valence-corrected chi connectivity index (χ2v) is 5.66. The SMILES string of the molecule is CN(Cc1ccc(C#CCN)cc1F)CC1CCCC1. The van der Waals surface area contributed by atoms with Gasteiger partial charge in [-0.2, -0.15) is 0 Å². The number of nitrogens with zero attached hydrogens (tertiary/aromatic N) is 1. The van der Waals surface area contributed by atoms with E-state index in [-0.39, 0.29) is 5.82 Å². The van der Waals surface area contributed by atoms with Crippen LogP contribution in [-0.2, 0) is 6.54 Å². The summed E-state index contributed by atoms with van der Waals surface area (Å²) in [6.07, 6.45) is 5.34. The number of halogens is 1. The predicted molar refractivity (Wildman–Crippen MR) is 80.6 cm³/mol. The number of hydrogen-bond donors (Lipinski definition) is 1. The second kappa shape index (κ2) is 7.42. The summed E-state index contributed by atoms with van der Waals surface area (Å²) in [6.45, 7) is 2.02. The van der Waals surface area contributed by atoms with E-state index in [0.29, 0.717) is 18.7 Å². The van der Waals surface area contributed by atoms with Gasteiger partial charge in [0.05, 0.1) is 6.54 Å². The van der Waals surface area contributed by atoms with E-state index in [9.17, 15) is 4.39 Å². The van der Waals surface area contributed by atoms with Gasteiger partial charge < -0.3 is 10.6 Å². The highest BCUT2D eigenvalue weighted by molar-refractivity contribution is 5.37. The van der Waals surface area contributed by atoms with E-state index in [0.717, 1.165) is 18.0 Å². The molecule has 0 atom stereocenters. The number of rotatable bonds is 4. The molecule has 108 valence electrons. The lowest BCUT2D eigenvalue weighted by Crippen LogP contribution is -2.24. The number of benzene rings is 1. The summed E-state index contributed by atoms with van der Waals surface area (Å²) in [7, 11) is 2.07. The van der Waals surface area contributed by atoms with E-state index in [1.54, 1.807) is 0 Å². The maximum atomic E-state index is 14.0. The first-order chi connectivity index (χ1) is 9.69. The fourth-order valence-electron chi connectivity index (χ4n) is 2.90. The molecule has 20 heavy (non-hydrogen) atoms. The van der Waals surface area contributed by atoms with Gasteiger partial charge in [0.15, 0.2) is 0 Å². The minimum absolute atomic E-state index is 0.174. The van der Waals surface area contributed by atoms with Crippen LogP contribution in [0.2, 0.25) is 0 Å². The molecule has 0 heterocycles. The Morgan fingerprint density at radius 1 is 1.35 bits per heavy atom. The molecule has 1 fully saturated rings. The molecular formula is C17H23FN2. The Morgan fingerprint density at radius 3 is 2.75 bits per heavy atom. The van der Waals surface area contributed by atoms with Crippen molar-refractivity contribution in [3.8, 4) is 11.8 Å². The average molecular weight is 274 g/mol. The Balaban J connectivity index is 1.94. The number of hydrogen-bond acceptors (Lipinski definition) is 2. The quantitative estimate of drug-likeness (QED) is 0.855. The third kappa shape index (κ3) is 4.33. The van der Waals surface area contributed by atoms with E-state index in [4.69, 9.17) is 5.73 Å². The van der Waals surface area contributed by atoms with Crippen molar-refractivity contribution in [1.29, 1.82) is 0 Å². The van der Waals surface area contributed by atoms with E-state index < -0.39 is 0 Å². The lowest BCUT2D eigenvalue weighted by atomic mass is 10.1. The van der Waals surface area contributed by atoms with E-state index in [2.05, 4.69) is 23.8 Å². The highest BCUT2D eigenvalue weighted by Crippen LogP contribution is 2.25. The van der Waals surface area contributed by atoms with Gasteiger partial charge in [0, 0.05) is 24.2 Å². The molecule has 0 spiro atoms. The van der Waals surface area contributed by atoms with Crippen molar-refractivity contribution in [2.24, 2.45) is 11.7 Å². The zero-order valence-corrected chi connectivity index (χ0v) is 12.2. The van der Waals surface area contributed by atoms with Gasteiger partial charge in [-0.25, -0.2) is 4.39 Å². The van der Waals surface area contributed by atoms with E-state index in [1.807, 2.05) is 12.1 Å². The van der Waals surface area contributed by atoms with E-state index >= 15 is 0 Å². The summed E-state index contributed by atoms with van der Waals surface area (Å²) in [4.78, 5) is 2.22. The lowest BCUT2D eigenvalue weighted by molar-refractivity contribution is 0.268. The van der Waals surface area contributed by atoms with Gasteiger partial charge in [0.1, 0.15) is 5.82 Å². The normalized spacial score (nSPS) is 15.4. The van der Waals surface area contributed by atoms with Gasteiger partial charge in [0.2, 0.25) is 0 Å². The summed E-state index contributed by atoms with van der Waals surface area (Å²) in [6, 6.07) is 5.20. The predicted octanol–water partition coefficient (Wildman–Crippen LogP) is 2.76. The molecule has 2 rings (SSSR count). The summed E-state index contributed by atoms with van der Waals surface area (Å²) in [5.41, 5.74) is 6.74. The zero-order chi connectivity index (χ0) is 14.4. The largest absolute Gasteiger partial charge is 0.320 e. The molecule has 0 amide bonds. The third-order valence-electron chi connectivity index (χ3n) is 3.87. The fourth-order valence-corrected chi connectivity index (χ4v) is 2.90. The van der Waals surface area contributed by atoms with Crippen molar-refractivity contribution < 1.29 is 4.39 Å². The van der Waals surface area contributed by atoms with Gasteiger partial charge >= 0.3 is 0 Å². The van der Waals surface area contributed by atoms with Crippen molar-refractivity contribution in [2.45, 2.75) is 32.2 Å². The Morgan fingerprint density at radius 2 is 2.10 bits per heavy atom. The van der Waals surface area contributed by atoms with Gasteiger partial charge in [0.25, 0.3) is 0 Å². The topological polar surface area (TPSA) is 29.3 Å². The molecular weight excluding hydrogens is 251 g/mol. The van der Waals surface area contributed by atoms with Gasteiger partial charge in [-0.05, 0) is 37.9 Å². The molecule has 2 N–H and O–H groups in total. The van der Waals surface area contributed by atoms with Gasteiger partial charge in [-0.3, -0.25) is 0 Å². The van der Waals surface area contributed by atoms with Crippen LogP contribution in [0.1, 0.15) is 36.8 Å². The Kier molecular flexibility index (Phi) is 5.58. The lowest BCUT2D eigenvalue weighted by Gasteiger charge is -2.21. The molecule has 0 aliphatic heterocycles. The van der Waals surface area contributed by atoms with Gasteiger partial charge in [-0.15, -0.1) is 0 Å². The minimum Gasteiger partial charge on any atom is -0.320 e. The van der Waals surface area contributed by atoms with Crippen LogP contribution in [0.4, 0.5) is 4.39 Å². The van der Waals surface area contributed by atoms with Crippen molar-refractivity contribution in [3.05, 3.63) is 35.1 Å². The van der Waals surface area contributed by atoms with E-state index in [1.165, 1.54) is 31.7 Å². The summed E-state index contributed by atoms with van der Waals surface area (Å²) >= 11 is 0. The van der Waals surface area contributed by atoms with Crippen molar-refractivity contribution in [1.82, 2.24) is 4.90 Å². The molecule has 1 saturated carbocycles. The first-order valence-electron chi connectivity index (χ1n) is 7.35. The molecule has 0 aromatic heterocycles. The van der Waals surface area contributed by atoms with Crippen LogP contribution >= 0.6 is 0 Å². The standard InChI is InChI=1S/C17H23FN2/c1-20(12-15-5-2-3-6-15)13-16-9-8-14(7-4-10-19)11-17(16)18/h8-9,11,15H,2-3,5-6,10,12-13,19H2,1H3. The molecule has 3 heteroatoms. The molecule has 0 unspecified atom stereocenters. The summed E-state index contributed by atoms with van der Waals surface area (Å²) in [5.74, 6) is 6.21. The monoisotopic (exact) mass is 274 g/mol. The highest BCUT2D eigenvalue weighted by Gasteiger charge is 2.17. The molecule has 1 aromatic rings. The average Bonchev–Trinajstić information content (AvgIpc) is 2.92. The molecule has 1 aromatic carbocycles. The minimum atomic E-state index is -0.174. The summed E-state index contributed by atoms with van der Waals surface area (Å²) in [5, 5.41) is 0. The van der Waals surface area contributed by atoms with Crippen LogP contribution in [0.15, 0.2) is 18.2 Å². The molecule has 2 nitrogen and oxygen atoms in total. The first kappa shape index (κ1) is 15.0. The molecule has 1 aliphatic rings. The smallest absolute Gasteiger partial charge is 0.128 e. The highest BCUT2D eigenvalue weighted by atomic mass is 19.1. The second-order valence-electron chi connectivity index (χ2n) is 5.66. The first-order valence-corrected chi connectivity index (χ1v) is 7.35. The molecule has 0 radical (unpaired) electrons. The van der Waals surface area contributed by atoms with Crippen molar-refractivity contribution in [3.63, 3.8) is 0 Å². The van der Waals surface area contributed by atoms with Crippen molar-refractivity contribution in [2.75, 3.05) is 20.1 Å². The summed E-state index contributed by atoms with van der Waals surface area (Å²) < 4.78 is 14.0. The Bertz CT molecular complexity index is 495. The van der Waals surface area contributed by atoms with Crippen LogP contribution < -0.4 is 5.73 Å². The van der Waals surface area contributed by atoms with Crippen LogP contribution in [0.5, 0.6) is 0 Å². The molecule has 0 saturated heterocycles. The zero-order valence-electron chi connectivity index (χ0n) is 12.2. The number of nitrogens with two attached hydrogens (primary N) is 1. The maximum Gasteiger partial charge on any atom is 0.128 e. The third-order valence-corrected chi connectivity index (χ3v) is 3.87. The van der Waals surface area contributed by atoms with Crippen LogP contribution in [0.3, 0.4) is 0 Å².